The molecule has 0 spiro atoms. The molecule has 140 valence electrons. The van der Waals surface area contributed by atoms with Crippen LogP contribution in [0, 0.1) is 6.92 Å². The van der Waals surface area contributed by atoms with E-state index in [1.54, 1.807) is 29.2 Å². The summed E-state index contributed by atoms with van der Waals surface area (Å²) in [7, 11) is 0. The maximum absolute atomic E-state index is 10.9. The van der Waals surface area contributed by atoms with Crippen molar-refractivity contribution in [3.05, 3.63) is 59.6 Å². The Bertz CT molecular complexity index is 1150. The summed E-state index contributed by atoms with van der Waals surface area (Å²) >= 11 is 6.38. The fraction of sp³-hybridized carbons (Fsp3) is 0.0556. The van der Waals surface area contributed by atoms with Crippen molar-refractivity contribution in [3.8, 4) is 28.3 Å². The number of aromatic amines is 1. The van der Waals surface area contributed by atoms with Gasteiger partial charge in [-0.25, -0.2) is 19.4 Å². The van der Waals surface area contributed by atoms with Gasteiger partial charge in [0.15, 0.2) is 5.82 Å². The van der Waals surface area contributed by atoms with Crippen molar-refractivity contribution in [1.29, 1.82) is 0 Å². The zero-order chi connectivity index (χ0) is 19.7. The van der Waals surface area contributed by atoms with E-state index < -0.39 is 6.09 Å². The van der Waals surface area contributed by atoms with Crippen molar-refractivity contribution in [2.24, 2.45) is 0 Å². The van der Waals surface area contributed by atoms with E-state index in [4.69, 9.17) is 21.8 Å². The Labute approximate surface area is 164 Å². The maximum atomic E-state index is 10.9. The normalized spacial score (nSPS) is 10.8. The Morgan fingerprint density at radius 3 is 2.79 bits per heavy atom. The molecule has 10 heteroatoms. The van der Waals surface area contributed by atoms with E-state index in [0.717, 1.165) is 11.1 Å². The van der Waals surface area contributed by atoms with E-state index >= 15 is 0 Å². The van der Waals surface area contributed by atoms with Gasteiger partial charge in [-0.15, -0.1) is 0 Å². The highest BCUT2D eigenvalue weighted by Crippen LogP contribution is 2.34. The zero-order valence-electron chi connectivity index (χ0n) is 14.6. The van der Waals surface area contributed by atoms with Gasteiger partial charge in [0, 0.05) is 24.0 Å². The predicted octanol–water partition coefficient (Wildman–Crippen LogP) is 3.77. The van der Waals surface area contributed by atoms with Crippen molar-refractivity contribution >= 4 is 23.5 Å². The van der Waals surface area contributed by atoms with Crippen LogP contribution < -0.4 is 5.32 Å². The van der Waals surface area contributed by atoms with Crippen molar-refractivity contribution in [1.82, 2.24) is 29.9 Å². The van der Waals surface area contributed by atoms with Gasteiger partial charge in [-0.1, -0.05) is 29.8 Å². The van der Waals surface area contributed by atoms with Gasteiger partial charge in [0.25, 0.3) is 0 Å². The average molecular weight is 396 g/mol. The first-order chi connectivity index (χ1) is 13.5. The average Bonchev–Trinajstić information content (AvgIpc) is 3.32. The van der Waals surface area contributed by atoms with Gasteiger partial charge in [0.2, 0.25) is 0 Å². The number of nitrogens with one attached hydrogen (secondary N) is 2. The van der Waals surface area contributed by atoms with Gasteiger partial charge in [-0.2, -0.15) is 10.2 Å². The van der Waals surface area contributed by atoms with E-state index in [2.05, 4.69) is 25.5 Å². The number of H-pyrrole nitrogens is 1. The lowest BCUT2D eigenvalue weighted by molar-refractivity contribution is 0.209. The number of carbonyl (C=O) groups is 1. The van der Waals surface area contributed by atoms with Gasteiger partial charge in [0.05, 0.1) is 16.3 Å². The lowest BCUT2D eigenvalue weighted by Gasteiger charge is -2.08. The number of aromatic nitrogens is 6. The van der Waals surface area contributed by atoms with Crippen LogP contribution in [0.3, 0.4) is 0 Å². The minimum Gasteiger partial charge on any atom is -0.465 e. The number of nitrogens with zero attached hydrogens (tertiary/aromatic N) is 5. The lowest BCUT2D eigenvalue weighted by atomic mass is 10.1. The first kappa shape index (κ1) is 17.7. The van der Waals surface area contributed by atoms with Crippen LogP contribution in [-0.4, -0.2) is 41.1 Å². The summed E-state index contributed by atoms with van der Waals surface area (Å²) in [5.74, 6) is 0.737. The summed E-state index contributed by atoms with van der Waals surface area (Å²) in [5, 5.41) is 23.2. The number of aryl methyl sites for hydroxylation is 1. The van der Waals surface area contributed by atoms with Crippen molar-refractivity contribution < 1.29 is 9.90 Å². The van der Waals surface area contributed by atoms with E-state index in [1.807, 2.05) is 25.1 Å². The molecule has 4 rings (SSSR count). The number of halogens is 1. The summed E-state index contributed by atoms with van der Waals surface area (Å²) in [6.07, 6.45) is 3.58. The molecular weight excluding hydrogens is 382 g/mol. The lowest BCUT2D eigenvalue weighted by Crippen LogP contribution is -2.10. The topological polar surface area (TPSA) is 122 Å². The molecule has 0 aliphatic rings. The molecule has 0 saturated heterocycles. The molecule has 1 amide bonds. The molecule has 9 nitrogen and oxygen atoms in total. The SMILES string of the molecule is Cc1cnc(NC(=O)O)cc1-n1cc(-c2ncn[nH]2)c(-c2ccccc2Cl)n1. The van der Waals surface area contributed by atoms with Crippen molar-refractivity contribution in [2.45, 2.75) is 6.92 Å². The smallest absolute Gasteiger partial charge is 0.410 e. The molecule has 0 atom stereocenters. The minimum absolute atomic E-state index is 0.198. The second-order valence-electron chi connectivity index (χ2n) is 5.94. The van der Waals surface area contributed by atoms with Crippen LogP contribution in [0.2, 0.25) is 5.02 Å². The molecule has 1 aromatic carbocycles. The van der Waals surface area contributed by atoms with Gasteiger partial charge in [-0.05, 0) is 18.6 Å². The van der Waals surface area contributed by atoms with Gasteiger partial charge < -0.3 is 5.11 Å². The summed E-state index contributed by atoms with van der Waals surface area (Å²) < 4.78 is 1.64. The Morgan fingerprint density at radius 2 is 2.07 bits per heavy atom. The third-order valence-electron chi connectivity index (χ3n) is 4.07. The van der Waals surface area contributed by atoms with E-state index in [1.165, 1.54) is 6.33 Å². The molecule has 0 unspecified atom stereocenters. The summed E-state index contributed by atoms with van der Waals surface area (Å²) in [6.45, 7) is 1.86. The van der Waals surface area contributed by atoms with Crippen LogP contribution >= 0.6 is 11.6 Å². The molecule has 3 aromatic heterocycles. The number of amides is 1. The van der Waals surface area contributed by atoms with Gasteiger partial charge in [0.1, 0.15) is 17.8 Å². The number of carboxylic acid groups (broad SMARTS) is 1. The van der Waals surface area contributed by atoms with Gasteiger partial charge >= 0.3 is 6.09 Å². The Hall–Kier alpha value is -3.72. The molecule has 4 aromatic rings. The quantitative estimate of drug-likeness (QED) is 0.483. The van der Waals surface area contributed by atoms with Gasteiger partial charge in [-0.3, -0.25) is 10.4 Å². The maximum Gasteiger partial charge on any atom is 0.410 e. The summed E-state index contributed by atoms with van der Waals surface area (Å²) in [4.78, 5) is 19.2. The van der Waals surface area contributed by atoms with Crippen LogP contribution in [-0.2, 0) is 0 Å². The molecule has 0 saturated carbocycles. The third-order valence-corrected chi connectivity index (χ3v) is 4.40. The fourth-order valence-electron chi connectivity index (χ4n) is 2.80. The number of anilines is 1. The highest BCUT2D eigenvalue weighted by molar-refractivity contribution is 6.33. The molecule has 0 aliphatic heterocycles. The Kier molecular flexibility index (Phi) is 4.50. The van der Waals surface area contributed by atoms with Crippen molar-refractivity contribution in [3.63, 3.8) is 0 Å². The predicted molar refractivity (Wildman–Crippen MR) is 104 cm³/mol. The summed E-state index contributed by atoms with van der Waals surface area (Å²) in [6, 6.07) is 8.97. The van der Waals surface area contributed by atoms with Crippen LogP contribution in [0.15, 0.2) is 49.1 Å². The minimum atomic E-state index is -1.19. The van der Waals surface area contributed by atoms with Crippen LogP contribution in [0.4, 0.5) is 10.6 Å². The molecule has 0 bridgehead atoms. The highest BCUT2D eigenvalue weighted by Gasteiger charge is 2.19. The first-order valence-electron chi connectivity index (χ1n) is 8.20. The molecule has 0 aliphatic carbocycles. The van der Waals surface area contributed by atoms with Crippen LogP contribution in [0.5, 0.6) is 0 Å². The van der Waals surface area contributed by atoms with E-state index in [0.29, 0.717) is 27.8 Å². The molecule has 0 radical (unpaired) electrons. The standard InChI is InChI=1S/C18H14ClN7O2/c1-10-7-20-15(23-18(27)28)6-14(10)26-8-12(17-21-9-22-24-17)16(25-26)11-4-2-3-5-13(11)19/h2-9H,1H3,(H,20,23)(H,27,28)(H,21,22,24). The van der Waals surface area contributed by atoms with Crippen molar-refractivity contribution in [2.75, 3.05) is 5.32 Å². The number of hydrogen-bond acceptors (Lipinski definition) is 5. The Morgan fingerprint density at radius 1 is 1.25 bits per heavy atom. The zero-order valence-corrected chi connectivity index (χ0v) is 15.3. The fourth-order valence-corrected chi connectivity index (χ4v) is 3.02. The van der Waals surface area contributed by atoms with Crippen LogP contribution in [0.25, 0.3) is 28.3 Å². The molecule has 3 heterocycles. The molecule has 3 N–H and O–H groups in total. The van der Waals surface area contributed by atoms with E-state index in [9.17, 15) is 4.79 Å². The number of pyridine rings is 1. The second-order valence-corrected chi connectivity index (χ2v) is 6.34. The summed E-state index contributed by atoms with van der Waals surface area (Å²) in [5.41, 5.74) is 3.54. The number of benzene rings is 1. The first-order valence-corrected chi connectivity index (χ1v) is 8.58. The monoisotopic (exact) mass is 395 g/mol. The van der Waals surface area contributed by atoms with Crippen LogP contribution in [0.1, 0.15) is 5.56 Å². The largest absolute Gasteiger partial charge is 0.465 e. The number of rotatable bonds is 4. The molecular formula is C18H14ClN7O2. The highest BCUT2D eigenvalue weighted by atomic mass is 35.5. The second kappa shape index (κ2) is 7.12. The Balaban J connectivity index is 1.90. The number of hydrogen-bond donors (Lipinski definition) is 3. The molecule has 28 heavy (non-hydrogen) atoms. The third kappa shape index (κ3) is 3.30. The molecule has 0 fully saturated rings. The van der Waals surface area contributed by atoms with E-state index in [-0.39, 0.29) is 5.82 Å².